The first-order valence-corrected chi connectivity index (χ1v) is 6.69. The number of carbonyl (C=O) groups excluding carboxylic acids is 1. The summed E-state index contributed by atoms with van der Waals surface area (Å²) in [7, 11) is 0. The molecule has 0 atom stereocenters. The summed E-state index contributed by atoms with van der Waals surface area (Å²) in [6.45, 7) is 2.48. The second-order valence-corrected chi connectivity index (χ2v) is 4.95. The molecular weight excluding hydrogens is 282 g/mol. The molecule has 1 aliphatic rings. The van der Waals surface area contributed by atoms with Gasteiger partial charge in [-0.25, -0.2) is 4.98 Å². The molecule has 1 amide bonds. The van der Waals surface area contributed by atoms with Crippen molar-refractivity contribution < 1.29 is 4.79 Å². The van der Waals surface area contributed by atoms with Crippen molar-refractivity contribution >= 4 is 27.7 Å². The third kappa shape index (κ3) is 3.43. The maximum absolute atomic E-state index is 11.8. The maximum Gasteiger partial charge on any atom is 0.224 e. The van der Waals surface area contributed by atoms with E-state index in [9.17, 15) is 4.79 Å². The number of rotatable bonds is 4. The van der Waals surface area contributed by atoms with Crippen LogP contribution in [0.4, 0.5) is 5.82 Å². The van der Waals surface area contributed by atoms with Gasteiger partial charge in [-0.05, 0) is 40.9 Å². The van der Waals surface area contributed by atoms with Crippen LogP contribution in [0.2, 0.25) is 0 Å². The second-order valence-electron chi connectivity index (χ2n) is 4.10. The Morgan fingerprint density at radius 2 is 2.24 bits per heavy atom. The Hall–Kier alpha value is -1.10. The Bertz CT molecular complexity index is 391. The van der Waals surface area contributed by atoms with Crippen LogP contribution in [0, 0.1) is 0 Å². The van der Waals surface area contributed by atoms with Gasteiger partial charge in [-0.3, -0.25) is 4.79 Å². The molecule has 0 saturated carbocycles. The molecule has 4 nitrogen and oxygen atoms in total. The molecule has 1 saturated heterocycles. The van der Waals surface area contributed by atoms with E-state index in [0.717, 1.165) is 36.2 Å². The largest absolute Gasteiger partial charge is 0.369 e. The number of aromatic nitrogens is 1. The molecule has 92 valence electrons. The third-order valence-corrected chi connectivity index (χ3v) is 3.49. The molecule has 1 aromatic heterocycles. The van der Waals surface area contributed by atoms with Crippen LogP contribution in [0.25, 0.3) is 0 Å². The van der Waals surface area contributed by atoms with Gasteiger partial charge >= 0.3 is 0 Å². The lowest BCUT2D eigenvalue weighted by Crippen LogP contribution is -2.29. The number of carbonyl (C=O) groups is 1. The van der Waals surface area contributed by atoms with Crippen molar-refractivity contribution in [3.05, 3.63) is 22.8 Å². The molecule has 1 fully saturated rings. The highest BCUT2D eigenvalue weighted by atomic mass is 79.9. The third-order valence-electron chi connectivity index (χ3n) is 2.85. The Labute approximate surface area is 110 Å². The lowest BCUT2D eigenvalue weighted by atomic mass is 10.3. The Morgan fingerprint density at radius 3 is 2.94 bits per heavy atom. The average molecular weight is 298 g/mol. The van der Waals surface area contributed by atoms with Crippen molar-refractivity contribution in [3.8, 4) is 0 Å². The number of hydrogen-bond acceptors (Lipinski definition) is 3. The fourth-order valence-electron chi connectivity index (χ4n) is 1.93. The van der Waals surface area contributed by atoms with Gasteiger partial charge in [-0.15, -0.1) is 0 Å². The molecule has 0 bridgehead atoms. The molecule has 1 aromatic rings. The van der Waals surface area contributed by atoms with Crippen molar-refractivity contribution in [1.29, 1.82) is 0 Å². The van der Waals surface area contributed by atoms with Crippen LogP contribution < -0.4 is 5.32 Å². The molecule has 2 heterocycles. The van der Waals surface area contributed by atoms with Crippen molar-refractivity contribution in [2.45, 2.75) is 19.3 Å². The lowest BCUT2D eigenvalue weighted by Gasteiger charge is -2.15. The number of pyridine rings is 1. The predicted molar refractivity (Wildman–Crippen MR) is 70.9 cm³/mol. The quantitative estimate of drug-likeness (QED) is 0.927. The molecule has 1 aliphatic heterocycles. The van der Waals surface area contributed by atoms with Crippen molar-refractivity contribution in [2.24, 2.45) is 0 Å². The van der Waals surface area contributed by atoms with Crippen molar-refractivity contribution in [2.75, 3.05) is 25.0 Å². The molecule has 0 aromatic carbocycles. The number of likely N-dealkylation sites (tertiary alicyclic amines) is 1. The second kappa shape index (κ2) is 6.00. The highest BCUT2D eigenvalue weighted by Gasteiger charge is 2.17. The van der Waals surface area contributed by atoms with Crippen LogP contribution in [0.1, 0.15) is 19.3 Å². The minimum absolute atomic E-state index is 0.238. The van der Waals surface area contributed by atoms with Crippen LogP contribution in [-0.2, 0) is 4.79 Å². The Balaban J connectivity index is 1.76. The molecule has 1 N–H and O–H groups in total. The number of hydrogen-bond donors (Lipinski definition) is 1. The first kappa shape index (κ1) is 12.4. The first-order chi connectivity index (χ1) is 8.27. The van der Waals surface area contributed by atoms with Gasteiger partial charge in [0.1, 0.15) is 5.82 Å². The van der Waals surface area contributed by atoms with Gasteiger partial charge in [0.25, 0.3) is 0 Å². The zero-order valence-corrected chi connectivity index (χ0v) is 11.2. The lowest BCUT2D eigenvalue weighted by molar-refractivity contribution is -0.129. The van der Waals surface area contributed by atoms with Gasteiger partial charge in [-0.1, -0.05) is 0 Å². The van der Waals surface area contributed by atoms with E-state index < -0.39 is 0 Å². The van der Waals surface area contributed by atoms with Gasteiger partial charge in [0.15, 0.2) is 0 Å². The van der Waals surface area contributed by atoms with Gasteiger partial charge in [0.05, 0.1) is 4.47 Å². The normalized spacial score (nSPS) is 15.0. The van der Waals surface area contributed by atoms with Crippen LogP contribution >= 0.6 is 15.9 Å². The molecule has 17 heavy (non-hydrogen) atoms. The molecule has 0 radical (unpaired) electrons. The molecule has 0 aliphatic carbocycles. The van der Waals surface area contributed by atoms with Crippen LogP contribution in [0.15, 0.2) is 22.8 Å². The zero-order valence-electron chi connectivity index (χ0n) is 9.66. The highest BCUT2D eigenvalue weighted by molar-refractivity contribution is 9.10. The van der Waals surface area contributed by atoms with Gasteiger partial charge in [0.2, 0.25) is 5.91 Å². The minimum Gasteiger partial charge on any atom is -0.369 e. The smallest absolute Gasteiger partial charge is 0.224 e. The predicted octanol–water partition coefficient (Wildman–Crippen LogP) is 2.27. The van der Waals surface area contributed by atoms with Gasteiger partial charge in [-0.2, -0.15) is 0 Å². The minimum atomic E-state index is 0.238. The summed E-state index contributed by atoms with van der Waals surface area (Å²) in [4.78, 5) is 17.9. The summed E-state index contributed by atoms with van der Waals surface area (Å²) in [6.07, 6.45) is 4.55. The fourth-order valence-corrected chi connectivity index (χ4v) is 2.32. The van der Waals surface area contributed by atoms with E-state index in [1.165, 1.54) is 0 Å². The maximum atomic E-state index is 11.8. The molecule has 5 heteroatoms. The van der Waals surface area contributed by atoms with Crippen LogP contribution in [0.3, 0.4) is 0 Å². The number of nitrogens with one attached hydrogen (secondary N) is 1. The summed E-state index contributed by atoms with van der Waals surface area (Å²) in [5.74, 6) is 1.03. The molecule has 2 rings (SSSR count). The average Bonchev–Trinajstić information content (AvgIpc) is 2.85. The first-order valence-electron chi connectivity index (χ1n) is 5.89. The summed E-state index contributed by atoms with van der Waals surface area (Å²) in [5.41, 5.74) is 0. The van der Waals surface area contributed by atoms with Gasteiger partial charge in [0, 0.05) is 32.3 Å². The van der Waals surface area contributed by atoms with Crippen molar-refractivity contribution in [1.82, 2.24) is 9.88 Å². The zero-order chi connectivity index (χ0) is 12.1. The van der Waals surface area contributed by atoms with Gasteiger partial charge < -0.3 is 10.2 Å². The highest BCUT2D eigenvalue weighted by Crippen LogP contribution is 2.18. The van der Waals surface area contributed by atoms with E-state index in [-0.39, 0.29) is 5.91 Å². The monoisotopic (exact) mass is 297 g/mol. The number of anilines is 1. The number of nitrogens with zero attached hydrogens (tertiary/aromatic N) is 2. The summed E-state index contributed by atoms with van der Waals surface area (Å²) in [6, 6.07) is 3.79. The molecular formula is C12H16BrN3O. The van der Waals surface area contributed by atoms with E-state index in [4.69, 9.17) is 0 Å². The van der Waals surface area contributed by atoms with E-state index >= 15 is 0 Å². The van der Waals surface area contributed by atoms with E-state index in [1.807, 2.05) is 17.0 Å². The summed E-state index contributed by atoms with van der Waals surface area (Å²) in [5, 5.41) is 3.16. The number of halogens is 1. The topological polar surface area (TPSA) is 45.2 Å². The molecule has 0 spiro atoms. The fraction of sp³-hybridized carbons (Fsp3) is 0.500. The van der Waals surface area contributed by atoms with E-state index in [0.29, 0.717) is 13.0 Å². The SMILES string of the molecule is O=C(CCNc1ncccc1Br)N1CCCC1. The summed E-state index contributed by atoms with van der Waals surface area (Å²) >= 11 is 3.41. The van der Waals surface area contributed by atoms with E-state index in [2.05, 4.69) is 26.2 Å². The Kier molecular flexibility index (Phi) is 4.36. The van der Waals surface area contributed by atoms with Crippen molar-refractivity contribution in [3.63, 3.8) is 0 Å². The standard InChI is InChI=1S/C12H16BrN3O/c13-10-4-3-6-14-12(10)15-7-5-11(17)16-8-1-2-9-16/h3-4,6H,1-2,5,7-9H2,(H,14,15). The number of amides is 1. The van der Waals surface area contributed by atoms with E-state index in [1.54, 1.807) is 6.20 Å². The van der Waals surface area contributed by atoms with Crippen LogP contribution in [0.5, 0.6) is 0 Å². The summed E-state index contributed by atoms with van der Waals surface area (Å²) < 4.78 is 0.925. The Morgan fingerprint density at radius 1 is 1.47 bits per heavy atom. The molecule has 0 unspecified atom stereocenters. The van der Waals surface area contributed by atoms with Crippen LogP contribution in [-0.4, -0.2) is 35.4 Å².